The molecule has 7 heteroatoms. The van der Waals surface area contributed by atoms with Crippen molar-refractivity contribution in [2.24, 2.45) is 4.74 Å². The average molecular weight is 703 g/mol. The zero-order chi connectivity index (χ0) is 26.4. The summed E-state index contributed by atoms with van der Waals surface area (Å²) in [7, 11) is -2.69. The van der Waals surface area contributed by atoms with Crippen LogP contribution in [0, 0.1) is 0 Å². The van der Waals surface area contributed by atoms with Crippen LogP contribution in [0.25, 0.3) is 21.8 Å². The monoisotopic (exact) mass is 700 g/mol. The van der Waals surface area contributed by atoms with Crippen LogP contribution in [0.1, 0.15) is 27.7 Å². The van der Waals surface area contributed by atoms with Gasteiger partial charge < -0.3 is 9.09 Å². The van der Waals surface area contributed by atoms with Gasteiger partial charge in [-0.1, -0.05) is 67.0 Å². The van der Waals surface area contributed by atoms with Gasteiger partial charge in [0.15, 0.2) is 7.28 Å². The molecule has 190 valence electrons. The first-order valence-electron chi connectivity index (χ1n) is 12.2. The Morgan fingerprint density at radius 2 is 1.49 bits per heavy atom. The molecule has 0 amide bonds. The zero-order valence-corrected chi connectivity index (χ0v) is 26.8. The topological polar surface area (TPSA) is 26.5 Å². The Labute approximate surface area is 243 Å². The highest BCUT2D eigenvalue weighted by molar-refractivity contribution is 9.11. The second-order valence-corrected chi connectivity index (χ2v) is 15.9. The van der Waals surface area contributed by atoms with Crippen molar-refractivity contribution >= 4 is 87.9 Å². The van der Waals surface area contributed by atoms with E-state index in [0.29, 0.717) is 0 Å². The molecule has 5 rings (SSSR count). The Bertz CT molecular complexity index is 1680. The summed E-state index contributed by atoms with van der Waals surface area (Å²) in [5.41, 5.74) is 3.36. The predicted octanol–water partition coefficient (Wildman–Crippen LogP) is 11.1. The van der Waals surface area contributed by atoms with E-state index < -0.39 is 7.28 Å². The molecule has 0 saturated carbocycles. The van der Waals surface area contributed by atoms with E-state index in [1.807, 2.05) is 42.5 Å². The Morgan fingerprint density at radius 1 is 0.784 bits per heavy atom. The quantitative estimate of drug-likeness (QED) is 0.167. The van der Waals surface area contributed by atoms with E-state index in [-0.39, 0.29) is 5.16 Å². The highest BCUT2D eigenvalue weighted by Gasteiger charge is 2.40. The summed E-state index contributed by atoms with van der Waals surface area (Å²) >= 11 is 11.0. The lowest BCUT2D eigenvalue weighted by atomic mass is 10.1. The van der Waals surface area contributed by atoms with Gasteiger partial charge in [-0.15, -0.1) is 0 Å². The Hall–Kier alpha value is -1.85. The summed E-state index contributed by atoms with van der Waals surface area (Å²) < 4.78 is 17.9. The van der Waals surface area contributed by atoms with Crippen LogP contribution in [-0.4, -0.2) is 9.72 Å². The average Bonchev–Trinajstić information content (AvgIpc) is 3.18. The van der Waals surface area contributed by atoms with Gasteiger partial charge in [0.25, 0.3) is 0 Å². The molecule has 0 radical (unpaired) electrons. The van der Waals surface area contributed by atoms with Gasteiger partial charge in [0, 0.05) is 47.8 Å². The Kier molecular flexibility index (Phi) is 7.50. The lowest BCUT2D eigenvalue weighted by molar-refractivity contribution is 0.568. The summed E-state index contributed by atoms with van der Waals surface area (Å²) in [6.45, 7) is 9.80. The van der Waals surface area contributed by atoms with E-state index in [1.165, 1.54) is 21.8 Å². The fraction of sp³-hybridized carbons (Fsp3) is 0.200. The van der Waals surface area contributed by atoms with E-state index in [2.05, 4.69) is 123 Å². The van der Waals surface area contributed by atoms with Crippen molar-refractivity contribution in [1.82, 2.24) is 4.57 Å². The summed E-state index contributed by atoms with van der Waals surface area (Å²) in [5.74, 6) is 0.776. The molecule has 0 N–H and O–H groups in total. The van der Waals surface area contributed by atoms with Crippen molar-refractivity contribution in [2.75, 3.05) is 0 Å². The van der Waals surface area contributed by atoms with Gasteiger partial charge in [-0.2, -0.15) is 0 Å². The molecule has 37 heavy (non-hydrogen) atoms. The van der Waals surface area contributed by atoms with Crippen LogP contribution >= 0.6 is 55.1 Å². The minimum absolute atomic E-state index is 0.300. The highest BCUT2D eigenvalue weighted by Crippen LogP contribution is 2.63. The maximum atomic E-state index is 7.14. The fourth-order valence-corrected chi connectivity index (χ4v) is 9.63. The summed E-state index contributed by atoms with van der Waals surface area (Å²) in [5, 5.41) is 3.28. The normalized spacial score (nSPS) is 13.6. The third-order valence-corrected chi connectivity index (χ3v) is 12.1. The van der Waals surface area contributed by atoms with E-state index in [0.717, 1.165) is 36.7 Å². The van der Waals surface area contributed by atoms with Crippen molar-refractivity contribution in [2.45, 2.75) is 39.4 Å². The molecule has 0 saturated heterocycles. The second-order valence-electron chi connectivity index (χ2n) is 9.93. The molecule has 1 atom stereocenters. The number of hydrogen-bond donors (Lipinski definition) is 0. The number of aromatic nitrogens is 1. The number of aryl methyl sites for hydroxylation is 1. The molecule has 0 fully saturated rings. The standard InChI is InChI=1S/C30H28Br3N2OP/c1-5-35-27-13-9-6-10-22(27)23-19-21(15-16-28(23)35)37(30(2,3)4,34-26-12-8-7-11-24(26)32)36-29-17-14-20(31)18-25(29)33/h6-19H,5H2,1-4H3. The van der Waals surface area contributed by atoms with Gasteiger partial charge in [0.1, 0.15) is 5.75 Å². The maximum absolute atomic E-state index is 7.14. The van der Waals surface area contributed by atoms with Gasteiger partial charge in [-0.25, -0.2) is 4.74 Å². The molecule has 4 aromatic carbocycles. The van der Waals surface area contributed by atoms with Crippen LogP contribution in [0.5, 0.6) is 5.75 Å². The fourth-order valence-electron chi connectivity index (χ4n) is 4.75. The number of benzene rings is 4. The Morgan fingerprint density at radius 3 is 2.19 bits per heavy atom. The van der Waals surface area contributed by atoms with Crippen molar-refractivity contribution in [1.29, 1.82) is 0 Å². The van der Waals surface area contributed by atoms with E-state index >= 15 is 0 Å². The van der Waals surface area contributed by atoms with Crippen LogP contribution in [0.3, 0.4) is 0 Å². The molecule has 1 unspecified atom stereocenters. The van der Waals surface area contributed by atoms with Crippen molar-refractivity contribution in [3.8, 4) is 5.75 Å². The largest absolute Gasteiger partial charge is 0.454 e. The van der Waals surface area contributed by atoms with Gasteiger partial charge in [-0.3, -0.25) is 0 Å². The van der Waals surface area contributed by atoms with Gasteiger partial charge in [0.05, 0.1) is 10.2 Å². The minimum Gasteiger partial charge on any atom is -0.454 e. The number of fused-ring (bicyclic) bond motifs is 3. The molecule has 3 nitrogen and oxygen atoms in total. The predicted molar refractivity (Wildman–Crippen MR) is 170 cm³/mol. The number of hydrogen-bond acceptors (Lipinski definition) is 2. The van der Waals surface area contributed by atoms with Crippen LogP contribution in [0.15, 0.2) is 103 Å². The van der Waals surface area contributed by atoms with Gasteiger partial charge in [-0.05, 0) is 93.4 Å². The number of nitrogens with zero attached hydrogens (tertiary/aromatic N) is 2. The molecule has 1 aromatic heterocycles. The van der Waals surface area contributed by atoms with Crippen LogP contribution in [-0.2, 0) is 6.54 Å². The first-order valence-corrected chi connectivity index (χ1v) is 16.2. The van der Waals surface area contributed by atoms with Crippen LogP contribution in [0.2, 0.25) is 0 Å². The van der Waals surface area contributed by atoms with E-state index in [1.54, 1.807) is 0 Å². The molecule has 0 bridgehead atoms. The first-order chi connectivity index (χ1) is 17.6. The van der Waals surface area contributed by atoms with Gasteiger partial charge in [0.2, 0.25) is 0 Å². The third kappa shape index (κ3) is 4.87. The highest BCUT2D eigenvalue weighted by atomic mass is 79.9. The van der Waals surface area contributed by atoms with Crippen LogP contribution < -0.4 is 9.83 Å². The first kappa shape index (κ1) is 26.7. The molecule has 0 aliphatic carbocycles. The molecule has 0 aliphatic heterocycles. The summed E-state index contributed by atoms with van der Waals surface area (Å²) in [4.78, 5) is 0. The van der Waals surface area contributed by atoms with Crippen LogP contribution in [0.4, 0.5) is 5.69 Å². The second kappa shape index (κ2) is 10.4. The van der Waals surface area contributed by atoms with Crippen molar-refractivity contribution in [3.63, 3.8) is 0 Å². The number of halogens is 3. The SMILES string of the molecule is CCn1c2ccccc2c2cc(P(=Nc3ccccc3Br)(Oc3ccc(Br)cc3Br)C(C)(C)C)ccc21. The molecule has 0 spiro atoms. The van der Waals surface area contributed by atoms with E-state index in [4.69, 9.17) is 9.27 Å². The number of para-hydroxylation sites is 1. The maximum Gasteiger partial charge on any atom is 0.173 e. The molecule has 1 heterocycles. The third-order valence-electron chi connectivity index (χ3n) is 6.56. The molecular formula is C30H28Br3N2OP. The molecule has 0 aliphatic rings. The van der Waals surface area contributed by atoms with Crippen molar-refractivity contribution in [3.05, 3.63) is 98.3 Å². The summed E-state index contributed by atoms with van der Waals surface area (Å²) in [6.07, 6.45) is 0. The van der Waals surface area contributed by atoms with E-state index in [9.17, 15) is 0 Å². The Balaban J connectivity index is 1.87. The molecular weight excluding hydrogens is 675 g/mol. The minimum atomic E-state index is -2.69. The summed E-state index contributed by atoms with van der Waals surface area (Å²) in [6, 6.07) is 29.6. The molecule has 5 aromatic rings. The van der Waals surface area contributed by atoms with Gasteiger partial charge >= 0.3 is 0 Å². The number of rotatable bonds is 5. The smallest absolute Gasteiger partial charge is 0.173 e. The zero-order valence-electron chi connectivity index (χ0n) is 21.2. The van der Waals surface area contributed by atoms with Crippen molar-refractivity contribution < 1.29 is 4.52 Å². The lowest BCUT2D eigenvalue weighted by Crippen LogP contribution is -2.27. The lowest BCUT2D eigenvalue weighted by Gasteiger charge is -2.37.